The Morgan fingerprint density at radius 2 is 1.63 bits per heavy atom. The maximum atomic E-state index is 12.8. The van der Waals surface area contributed by atoms with Crippen molar-refractivity contribution < 1.29 is 26.9 Å². The first kappa shape index (κ1) is 21.2. The number of benzene rings is 3. The van der Waals surface area contributed by atoms with E-state index in [1.54, 1.807) is 18.2 Å². The fraction of sp³-hybridized carbons (Fsp3) is 0.136. The van der Waals surface area contributed by atoms with Crippen LogP contribution in [-0.2, 0) is 16.7 Å². The van der Waals surface area contributed by atoms with E-state index in [0.29, 0.717) is 12.3 Å². The van der Waals surface area contributed by atoms with Crippen LogP contribution in [-0.4, -0.2) is 28.5 Å². The van der Waals surface area contributed by atoms with E-state index in [1.807, 2.05) is 30.3 Å². The first-order chi connectivity index (χ1) is 14.4. The Hall–Kier alpha value is -3.52. The van der Waals surface area contributed by atoms with Crippen molar-refractivity contribution in [2.24, 2.45) is 0 Å². The second-order valence-corrected chi connectivity index (χ2v) is 7.77. The van der Waals surface area contributed by atoms with E-state index < -0.39 is 10.1 Å². The summed E-state index contributed by atoms with van der Waals surface area (Å²) in [5.41, 5.74) is 1.22. The molecule has 0 aliphatic heterocycles. The van der Waals surface area contributed by atoms with Crippen LogP contribution in [0.5, 0.6) is 17.2 Å². The lowest BCUT2D eigenvalue weighted by molar-refractivity contribution is 0.0950. The van der Waals surface area contributed by atoms with Gasteiger partial charge in [-0.15, -0.1) is 0 Å². The quantitative estimate of drug-likeness (QED) is 0.554. The van der Waals surface area contributed by atoms with Gasteiger partial charge in [-0.25, -0.2) is 0 Å². The van der Waals surface area contributed by atoms with Crippen molar-refractivity contribution in [2.75, 3.05) is 14.2 Å². The third-order valence-corrected chi connectivity index (χ3v) is 5.51. The average Bonchev–Trinajstić information content (AvgIpc) is 2.77. The summed E-state index contributed by atoms with van der Waals surface area (Å²) in [6.07, 6.45) is 0. The number of ether oxygens (including phenoxy) is 2. The molecule has 156 valence electrons. The van der Waals surface area contributed by atoms with Crippen molar-refractivity contribution >= 4 is 16.0 Å². The molecule has 0 saturated carbocycles. The van der Waals surface area contributed by atoms with Crippen LogP contribution in [0.2, 0.25) is 0 Å². The standard InChI is InChI=1S/C22H21NO6S/c1-27-18-11-12-20(28-2)21(14-18)30(25,26)29-19-10-6-9-17(13-19)22(24)23-15-16-7-4-3-5-8-16/h3-14H,15H2,1-2H3,(H,23,24). The maximum Gasteiger partial charge on any atom is 0.343 e. The lowest BCUT2D eigenvalue weighted by Crippen LogP contribution is -2.22. The number of carbonyl (C=O) groups is 1. The largest absolute Gasteiger partial charge is 0.497 e. The smallest absolute Gasteiger partial charge is 0.343 e. The Balaban J connectivity index is 1.78. The van der Waals surface area contributed by atoms with Gasteiger partial charge in [-0.2, -0.15) is 8.42 Å². The van der Waals surface area contributed by atoms with E-state index >= 15 is 0 Å². The molecule has 0 bridgehead atoms. The summed E-state index contributed by atoms with van der Waals surface area (Å²) >= 11 is 0. The third-order valence-electron chi connectivity index (χ3n) is 4.24. The Bertz CT molecular complexity index is 1130. The van der Waals surface area contributed by atoms with E-state index in [4.69, 9.17) is 13.7 Å². The van der Waals surface area contributed by atoms with Gasteiger partial charge in [0.05, 0.1) is 14.2 Å². The fourth-order valence-corrected chi connectivity index (χ4v) is 3.83. The molecular formula is C22H21NO6S. The van der Waals surface area contributed by atoms with Crippen molar-refractivity contribution in [1.82, 2.24) is 5.32 Å². The number of hydrogen-bond donors (Lipinski definition) is 1. The van der Waals surface area contributed by atoms with Gasteiger partial charge in [-0.05, 0) is 35.9 Å². The van der Waals surface area contributed by atoms with Crippen LogP contribution < -0.4 is 19.0 Å². The molecule has 7 nitrogen and oxygen atoms in total. The molecule has 3 aromatic rings. The van der Waals surface area contributed by atoms with Gasteiger partial charge in [0, 0.05) is 18.2 Å². The van der Waals surface area contributed by atoms with E-state index in [-0.39, 0.29) is 27.9 Å². The second-order valence-electron chi connectivity index (χ2n) is 6.25. The molecule has 0 aliphatic carbocycles. The first-order valence-electron chi connectivity index (χ1n) is 9.01. The van der Waals surface area contributed by atoms with Crippen molar-refractivity contribution in [3.8, 4) is 17.2 Å². The topological polar surface area (TPSA) is 90.9 Å². The van der Waals surface area contributed by atoms with Crippen LogP contribution in [0.4, 0.5) is 0 Å². The number of amides is 1. The summed E-state index contributed by atoms with van der Waals surface area (Å²) in [7, 11) is -1.44. The van der Waals surface area contributed by atoms with Gasteiger partial charge in [-0.3, -0.25) is 4.79 Å². The van der Waals surface area contributed by atoms with E-state index in [2.05, 4.69) is 5.32 Å². The summed E-state index contributed by atoms with van der Waals surface area (Å²) in [6.45, 7) is 0.351. The van der Waals surface area contributed by atoms with Gasteiger partial charge >= 0.3 is 10.1 Å². The fourth-order valence-electron chi connectivity index (χ4n) is 2.72. The third kappa shape index (κ3) is 5.09. The molecule has 30 heavy (non-hydrogen) atoms. The highest BCUT2D eigenvalue weighted by Gasteiger charge is 2.23. The van der Waals surface area contributed by atoms with Crippen molar-refractivity contribution in [1.29, 1.82) is 0 Å². The molecular weight excluding hydrogens is 406 g/mol. The summed E-state index contributed by atoms with van der Waals surface area (Å²) in [5.74, 6) is 0.118. The summed E-state index contributed by atoms with van der Waals surface area (Å²) < 4.78 is 41.0. The van der Waals surface area contributed by atoms with Crippen LogP contribution >= 0.6 is 0 Å². The molecule has 1 N–H and O–H groups in total. The minimum Gasteiger partial charge on any atom is -0.497 e. The van der Waals surface area contributed by atoms with Crippen molar-refractivity contribution in [2.45, 2.75) is 11.4 Å². The van der Waals surface area contributed by atoms with Crippen LogP contribution in [0.1, 0.15) is 15.9 Å². The van der Waals surface area contributed by atoms with Crippen molar-refractivity contribution in [3.63, 3.8) is 0 Å². The SMILES string of the molecule is COc1ccc(OC)c(S(=O)(=O)Oc2cccc(C(=O)NCc3ccccc3)c2)c1. The Morgan fingerprint density at radius 3 is 2.33 bits per heavy atom. The molecule has 0 radical (unpaired) electrons. The molecule has 8 heteroatoms. The lowest BCUT2D eigenvalue weighted by Gasteiger charge is -2.12. The molecule has 0 heterocycles. The zero-order valence-corrected chi connectivity index (χ0v) is 17.3. The number of rotatable bonds is 8. The molecule has 1 amide bonds. The minimum atomic E-state index is -4.22. The normalized spacial score (nSPS) is 10.9. The number of nitrogens with one attached hydrogen (secondary N) is 1. The van der Waals surface area contributed by atoms with Gasteiger partial charge in [0.15, 0.2) is 4.90 Å². The Morgan fingerprint density at radius 1 is 0.867 bits per heavy atom. The van der Waals surface area contributed by atoms with Crippen LogP contribution in [0, 0.1) is 0 Å². The Labute approximate surface area is 175 Å². The zero-order chi connectivity index (χ0) is 21.6. The summed E-state index contributed by atoms with van der Waals surface area (Å²) in [6, 6.07) is 19.8. The lowest BCUT2D eigenvalue weighted by atomic mass is 10.2. The monoisotopic (exact) mass is 427 g/mol. The van der Waals surface area contributed by atoms with Gasteiger partial charge in [-0.1, -0.05) is 36.4 Å². The molecule has 3 aromatic carbocycles. The predicted molar refractivity (Wildman–Crippen MR) is 111 cm³/mol. The number of methoxy groups -OCH3 is 2. The average molecular weight is 427 g/mol. The molecule has 0 saturated heterocycles. The van der Waals surface area contributed by atoms with Gasteiger partial charge in [0.2, 0.25) is 0 Å². The molecule has 3 rings (SSSR count). The first-order valence-corrected chi connectivity index (χ1v) is 10.4. The zero-order valence-electron chi connectivity index (χ0n) is 16.5. The molecule has 0 fully saturated rings. The van der Waals surface area contributed by atoms with Crippen LogP contribution in [0.3, 0.4) is 0 Å². The molecule has 0 aromatic heterocycles. The van der Waals surface area contributed by atoms with E-state index in [9.17, 15) is 13.2 Å². The van der Waals surface area contributed by atoms with E-state index in [0.717, 1.165) is 5.56 Å². The second kappa shape index (κ2) is 9.32. The highest BCUT2D eigenvalue weighted by Crippen LogP contribution is 2.30. The van der Waals surface area contributed by atoms with Crippen molar-refractivity contribution in [3.05, 3.63) is 83.9 Å². The summed E-state index contributed by atoms with van der Waals surface area (Å²) in [5, 5.41) is 2.79. The summed E-state index contributed by atoms with van der Waals surface area (Å²) in [4.78, 5) is 12.3. The van der Waals surface area contributed by atoms with Gasteiger partial charge < -0.3 is 19.0 Å². The maximum absolute atomic E-state index is 12.8. The van der Waals surface area contributed by atoms with E-state index in [1.165, 1.54) is 38.5 Å². The predicted octanol–water partition coefficient (Wildman–Crippen LogP) is 3.40. The van der Waals surface area contributed by atoms with Crippen LogP contribution in [0.15, 0.2) is 77.7 Å². The number of hydrogen-bond acceptors (Lipinski definition) is 6. The molecule has 0 atom stereocenters. The molecule has 0 spiro atoms. The molecule has 0 aliphatic rings. The minimum absolute atomic E-state index is 0.00670. The molecule has 0 unspecified atom stereocenters. The highest BCUT2D eigenvalue weighted by molar-refractivity contribution is 7.87. The highest BCUT2D eigenvalue weighted by atomic mass is 32.2. The van der Waals surface area contributed by atoms with Gasteiger partial charge in [0.25, 0.3) is 5.91 Å². The number of carbonyl (C=O) groups excluding carboxylic acids is 1. The van der Waals surface area contributed by atoms with Gasteiger partial charge in [0.1, 0.15) is 17.2 Å². The Kier molecular flexibility index (Phi) is 6.58. The van der Waals surface area contributed by atoms with Crippen LogP contribution in [0.25, 0.3) is 0 Å².